The van der Waals surface area contributed by atoms with Crippen LogP contribution in [0.15, 0.2) is 164 Å². The largest absolute Gasteiger partial charge is 0.285 e. The van der Waals surface area contributed by atoms with Crippen molar-refractivity contribution >= 4 is 38.1 Å². The number of para-hydroxylation sites is 1. The molecule has 3 aromatic heterocycles. The fourth-order valence-electron chi connectivity index (χ4n) is 6.71. The molecule has 44 heavy (non-hydrogen) atoms. The van der Waals surface area contributed by atoms with Gasteiger partial charge in [-0.3, -0.25) is 8.97 Å². The Kier molecular flexibility index (Phi) is 5.50. The van der Waals surface area contributed by atoms with E-state index in [-0.39, 0.29) is 0 Å². The molecule has 0 amide bonds. The molecule has 0 saturated heterocycles. The predicted molar refractivity (Wildman–Crippen MR) is 183 cm³/mol. The lowest BCUT2D eigenvalue weighted by Crippen LogP contribution is -2.00. The van der Waals surface area contributed by atoms with E-state index in [0.717, 1.165) is 33.8 Å². The molecule has 9 aromatic rings. The van der Waals surface area contributed by atoms with Crippen LogP contribution in [0.3, 0.4) is 0 Å². The van der Waals surface area contributed by atoms with Crippen LogP contribution < -0.4 is 0 Å². The smallest absolute Gasteiger partial charge is 0.220 e. The van der Waals surface area contributed by atoms with E-state index in [1.54, 1.807) is 0 Å². The van der Waals surface area contributed by atoms with E-state index in [1.807, 2.05) is 0 Å². The minimum Gasteiger partial charge on any atom is -0.285 e. The molecule has 0 saturated carbocycles. The molecule has 206 valence electrons. The van der Waals surface area contributed by atoms with E-state index < -0.39 is 0 Å². The molecule has 3 heterocycles. The number of imidazole rings is 1. The van der Waals surface area contributed by atoms with E-state index in [2.05, 4.69) is 173 Å². The number of rotatable bonds is 4. The quantitative estimate of drug-likeness (QED) is 0.209. The third kappa shape index (κ3) is 3.80. The molecular weight excluding hydrogens is 534 g/mol. The predicted octanol–water partition coefficient (Wildman–Crippen LogP) is 10.6. The van der Waals surface area contributed by atoms with Crippen molar-refractivity contribution in [2.75, 3.05) is 0 Å². The molecule has 0 N–H and O–H groups in total. The van der Waals surface area contributed by atoms with Crippen molar-refractivity contribution in [1.29, 1.82) is 0 Å². The average molecular weight is 562 g/mol. The monoisotopic (exact) mass is 561 g/mol. The lowest BCUT2D eigenvalue weighted by atomic mass is 9.95. The second kappa shape index (κ2) is 9.82. The van der Waals surface area contributed by atoms with Crippen LogP contribution in [-0.4, -0.2) is 14.0 Å². The Labute approximate surface area is 254 Å². The van der Waals surface area contributed by atoms with Gasteiger partial charge >= 0.3 is 0 Å². The van der Waals surface area contributed by atoms with Crippen LogP contribution >= 0.6 is 0 Å². The van der Waals surface area contributed by atoms with E-state index in [9.17, 15) is 0 Å². The first-order chi connectivity index (χ1) is 21.8. The maximum atomic E-state index is 5.48. The number of hydrogen-bond acceptors (Lipinski definition) is 1. The summed E-state index contributed by atoms with van der Waals surface area (Å²) in [6.07, 6.45) is 2.13. The van der Waals surface area contributed by atoms with Gasteiger partial charge in [0.15, 0.2) is 0 Å². The first-order valence-corrected chi connectivity index (χ1v) is 15.0. The first kappa shape index (κ1) is 24.6. The summed E-state index contributed by atoms with van der Waals surface area (Å²) in [5.74, 6) is 0.878. The minimum atomic E-state index is 0.878. The van der Waals surface area contributed by atoms with Crippen molar-refractivity contribution < 1.29 is 0 Å². The minimum absolute atomic E-state index is 0.878. The number of nitrogens with zero attached hydrogens (tertiary/aromatic N) is 3. The molecule has 0 bridgehead atoms. The Morgan fingerprint density at radius 2 is 1.00 bits per heavy atom. The molecule has 0 atom stereocenters. The maximum Gasteiger partial charge on any atom is 0.220 e. The van der Waals surface area contributed by atoms with Crippen LogP contribution in [0.5, 0.6) is 0 Å². The van der Waals surface area contributed by atoms with Crippen molar-refractivity contribution in [1.82, 2.24) is 14.0 Å². The highest BCUT2D eigenvalue weighted by atomic mass is 15.2. The fraction of sp³-hybridized carbons (Fsp3) is 0. The average Bonchev–Trinajstić information content (AvgIpc) is 3.65. The molecule has 3 nitrogen and oxygen atoms in total. The maximum absolute atomic E-state index is 5.48. The zero-order chi connectivity index (χ0) is 29.0. The van der Waals surface area contributed by atoms with Crippen molar-refractivity contribution in [3.05, 3.63) is 164 Å². The zero-order valence-corrected chi connectivity index (χ0v) is 23.9. The van der Waals surface area contributed by atoms with Gasteiger partial charge in [-0.05, 0) is 75.5 Å². The van der Waals surface area contributed by atoms with Gasteiger partial charge in [-0.15, -0.1) is 0 Å². The summed E-state index contributed by atoms with van der Waals surface area (Å²) in [6, 6.07) is 56.2. The molecular formula is C41H27N3. The van der Waals surface area contributed by atoms with Crippen molar-refractivity contribution in [2.45, 2.75) is 0 Å². The van der Waals surface area contributed by atoms with Crippen molar-refractivity contribution in [2.24, 2.45) is 0 Å². The molecule has 0 aliphatic carbocycles. The summed E-state index contributed by atoms with van der Waals surface area (Å²) in [4.78, 5) is 5.48. The van der Waals surface area contributed by atoms with Gasteiger partial charge in [-0.25, -0.2) is 4.98 Å². The Balaban J connectivity index is 1.35. The van der Waals surface area contributed by atoms with Gasteiger partial charge in [-0.2, -0.15) is 0 Å². The standard InChI is InChI=1S/C41H27N3/c1-3-13-28(14-4-1)31-25-32(29-15-5-2-6-16-29)27-33(26-31)40-38-21-11-12-24-43(38)41(42-40)44-36-20-10-9-19-35(36)39-34-18-8-7-17-30(34)22-23-37(39)44/h1-27H. The second-order valence-electron chi connectivity index (χ2n) is 11.3. The molecule has 0 radical (unpaired) electrons. The van der Waals surface area contributed by atoms with Crippen molar-refractivity contribution in [3.8, 4) is 39.5 Å². The molecule has 9 rings (SSSR count). The summed E-state index contributed by atoms with van der Waals surface area (Å²) in [5.41, 5.74) is 10.1. The molecule has 3 heteroatoms. The summed E-state index contributed by atoms with van der Waals surface area (Å²) in [6.45, 7) is 0. The van der Waals surface area contributed by atoms with Crippen LogP contribution in [0.25, 0.3) is 77.6 Å². The van der Waals surface area contributed by atoms with Crippen LogP contribution in [0, 0.1) is 0 Å². The first-order valence-electron chi connectivity index (χ1n) is 15.0. The summed E-state index contributed by atoms with van der Waals surface area (Å²) in [5, 5.41) is 4.98. The highest BCUT2D eigenvalue weighted by molar-refractivity contribution is 6.21. The third-order valence-electron chi connectivity index (χ3n) is 8.71. The van der Waals surface area contributed by atoms with Crippen LogP contribution in [0.4, 0.5) is 0 Å². The molecule has 0 aliphatic rings. The van der Waals surface area contributed by atoms with Crippen LogP contribution in [-0.2, 0) is 0 Å². The van der Waals surface area contributed by atoms with Crippen LogP contribution in [0.2, 0.25) is 0 Å². The normalized spacial score (nSPS) is 11.6. The summed E-state index contributed by atoms with van der Waals surface area (Å²) >= 11 is 0. The molecule has 0 spiro atoms. The summed E-state index contributed by atoms with van der Waals surface area (Å²) < 4.78 is 4.56. The third-order valence-corrected chi connectivity index (χ3v) is 8.71. The molecule has 0 fully saturated rings. The Morgan fingerprint density at radius 3 is 1.75 bits per heavy atom. The van der Waals surface area contributed by atoms with Gasteiger partial charge in [0, 0.05) is 22.5 Å². The number of hydrogen-bond donors (Lipinski definition) is 0. The van der Waals surface area contributed by atoms with E-state index >= 15 is 0 Å². The fourth-order valence-corrected chi connectivity index (χ4v) is 6.71. The zero-order valence-electron chi connectivity index (χ0n) is 23.9. The Morgan fingerprint density at radius 1 is 0.409 bits per heavy atom. The lowest BCUT2D eigenvalue weighted by Gasteiger charge is -2.10. The van der Waals surface area contributed by atoms with Crippen molar-refractivity contribution in [3.63, 3.8) is 0 Å². The lowest BCUT2D eigenvalue weighted by molar-refractivity contribution is 0.984. The molecule has 6 aromatic carbocycles. The molecule has 0 aliphatic heterocycles. The van der Waals surface area contributed by atoms with Gasteiger partial charge in [0.1, 0.15) is 0 Å². The molecule has 0 unspecified atom stereocenters. The van der Waals surface area contributed by atoms with Crippen LogP contribution in [0.1, 0.15) is 0 Å². The van der Waals surface area contributed by atoms with E-state index in [4.69, 9.17) is 4.98 Å². The van der Waals surface area contributed by atoms with Gasteiger partial charge in [0.05, 0.1) is 22.2 Å². The SMILES string of the molecule is c1ccc(-c2cc(-c3ccccc3)cc(-c3nc(-n4c5ccccc5c5c6ccccc6ccc54)n4ccccc34)c2)cc1. The van der Waals surface area contributed by atoms with E-state index in [1.165, 1.54) is 43.8 Å². The number of benzene rings is 6. The van der Waals surface area contributed by atoms with Gasteiger partial charge in [0.2, 0.25) is 5.95 Å². The number of fused-ring (bicyclic) bond motifs is 6. The summed E-state index contributed by atoms with van der Waals surface area (Å²) in [7, 11) is 0. The second-order valence-corrected chi connectivity index (χ2v) is 11.3. The highest BCUT2D eigenvalue weighted by Crippen LogP contribution is 2.39. The van der Waals surface area contributed by atoms with Gasteiger partial charge in [0.25, 0.3) is 0 Å². The topological polar surface area (TPSA) is 22.2 Å². The van der Waals surface area contributed by atoms with E-state index in [0.29, 0.717) is 0 Å². The van der Waals surface area contributed by atoms with Gasteiger partial charge in [-0.1, -0.05) is 115 Å². The Bertz CT molecular complexity index is 2430. The number of aromatic nitrogens is 3. The Hall–Kier alpha value is -5.93. The number of pyridine rings is 1. The van der Waals surface area contributed by atoms with Gasteiger partial charge < -0.3 is 0 Å². The highest BCUT2D eigenvalue weighted by Gasteiger charge is 2.21.